The van der Waals surface area contributed by atoms with Crippen LogP contribution in [0.5, 0.6) is 0 Å². The molecule has 0 atom stereocenters. The van der Waals surface area contributed by atoms with Crippen LogP contribution >= 0.6 is 22.6 Å². The van der Waals surface area contributed by atoms with Crippen molar-refractivity contribution in [3.05, 3.63) is 9.39 Å². The van der Waals surface area contributed by atoms with Gasteiger partial charge in [-0.1, -0.05) is 5.21 Å². The van der Waals surface area contributed by atoms with Gasteiger partial charge in [0.15, 0.2) is 9.39 Å². The topological polar surface area (TPSA) is 30.7 Å². The van der Waals surface area contributed by atoms with Gasteiger partial charge in [-0.3, -0.25) is 0 Å². The molecule has 0 amide bonds. The molecule has 1 aromatic heterocycles. The van der Waals surface area contributed by atoms with Crippen LogP contribution in [0.3, 0.4) is 0 Å². The molecule has 0 fully saturated rings. The number of halogens is 4. The number of hydrogen-bond donors (Lipinski definition) is 0. The third-order valence-electron chi connectivity index (χ3n) is 1.05. The lowest BCUT2D eigenvalue weighted by atomic mass is 10.5. The van der Waals surface area contributed by atoms with E-state index in [1.807, 2.05) is 0 Å². The molecule has 1 heterocycles. The number of aromatic nitrogens is 3. The molecule has 1 rings (SSSR count). The van der Waals surface area contributed by atoms with Crippen LogP contribution in [0.4, 0.5) is 13.2 Å². The van der Waals surface area contributed by atoms with Crippen LogP contribution < -0.4 is 0 Å². The number of rotatable bonds is 0. The Kier molecular flexibility index (Phi) is 2.08. The van der Waals surface area contributed by atoms with E-state index in [9.17, 15) is 13.2 Å². The summed E-state index contributed by atoms with van der Waals surface area (Å²) >= 11 is 1.49. The predicted molar refractivity (Wildman–Crippen MR) is 38.7 cm³/mol. The average Bonchev–Trinajstić information content (AvgIpc) is 2.08. The van der Waals surface area contributed by atoms with E-state index in [4.69, 9.17) is 0 Å². The Balaban J connectivity index is 3.21. The van der Waals surface area contributed by atoms with Crippen molar-refractivity contribution in [2.45, 2.75) is 6.18 Å². The molecule has 0 N–H and O–H groups in total. The minimum Gasteiger partial charge on any atom is -0.242 e. The van der Waals surface area contributed by atoms with Gasteiger partial charge in [-0.05, 0) is 22.6 Å². The smallest absolute Gasteiger partial charge is 0.242 e. The van der Waals surface area contributed by atoms with Gasteiger partial charge in [0, 0.05) is 7.05 Å². The van der Waals surface area contributed by atoms with Gasteiger partial charge in [-0.2, -0.15) is 13.2 Å². The second kappa shape index (κ2) is 2.61. The Bertz CT molecular complexity index is 247. The normalized spacial score (nSPS) is 12.1. The molecule has 7 heteroatoms. The van der Waals surface area contributed by atoms with Crippen LogP contribution in [0.1, 0.15) is 5.69 Å². The minimum absolute atomic E-state index is 0.127. The van der Waals surface area contributed by atoms with E-state index in [-0.39, 0.29) is 3.70 Å². The maximum Gasteiger partial charge on any atom is 0.435 e. The summed E-state index contributed by atoms with van der Waals surface area (Å²) in [5, 5.41) is 6.48. The second-order valence-corrected chi connectivity index (χ2v) is 2.87. The summed E-state index contributed by atoms with van der Waals surface area (Å²) in [5.41, 5.74) is -0.807. The highest BCUT2D eigenvalue weighted by molar-refractivity contribution is 14.1. The summed E-state index contributed by atoms with van der Waals surface area (Å²) < 4.78 is 36.7. The summed E-state index contributed by atoms with van der Waals surface area (Å²) in [7, 11) is 1.21. The van der Waals surface area contributed by atoms with Crippen molar-refractivity contribution in [3.63, 3.8) is 0 Å². The molecular weight excluding hydrogens is 274 g/mol. The van der Waals surface area contributed by atoms with Crippen LogP contribution in [0.25, 0.3) is 0 Å². The molecule has 3 nitrogen and oxygen atoms in total. The molecule has 0 unspecified atom stereocenters. The van der Waals surface area contributed by atoms with E-state index in [0.29, 0.717) is 4.68 Å². The first kappa shape index (κ1) is 8.75. The van der Waals surface area contributed by atoms with E-state index >= 15 is 0 Å². The van der Waals surface area contributed by atoms with E-state index < -0.39 is 11.9 Å². The van der Waals surface area contributed by atoms with E-state index in [1.165, 1.54) is 29.6 Å². The Morgan fingerprint density at radius 1 is 1.45 bits per heavy atom. The van der Waals surface area contributed by atoms with Crippen molar-refractivity contribution in [1.29, 1.82) is 0 Å². The Hall–Kier alpha value is -0.340. The highest BCUT2D eigenvalue weighted by Crippen LogP contribution is 2.30. The fourth-order valence-corrected chi connectivity index (χ4v) is 1.38. The van der Waals surface area contributed by atoms with Crippen LogP contribution in [-0.2, 0) is 13.2 Å². The molecule has 0 aliphatic carbocycles. The number of nitrogens with zero attached hydrogens (tertiary/aromatic N) is 3. The molecule has 0 aliphatic rings. The van der Waals surface area contributed by atoms with E-state index in [0.717, 1.165) is 0 Å². The van der Waals surface area contributed by atoms with Gasteiger partial charge in [-0.25, -0.2) is 4.68 Å². The van der Waals surface area contributed by atoms with Crippen molar-refractivity contribution in [2.24, 2.45) is 7.05 Å². The van der Waals surface area contributed by atoms with Gasteiger partial charge in [0.2, 0.25) is 0 Å². The van der Waals surface area contributed by atoms with Crippen molar-refractivity contribution >= 4 is 22.6 Å². The summed E-state index contributed by atoms with van der Waals surface area (Å²) in [6.07, 6.45) is -4.37. The monoisotopic (exact) mass is 277 g/mol. The molecule has 0 spiro atoms. The molecule has 0 saturated heterocycles. The fourth-order valence-electron chi connectivity index (χ4n) is 0.632. The molecule has 0 aromatic carbocycles. The van der Waals surface area contributed by atoms with Crippen molar-refractivity contribution in [1.82, 2.24) is 15.0 Å². The molecule has 62 valence electrons. The summed E-state index contributed by atoms with van der Waals surface area (Å²) in [5.74, 6) is 0. The number of alkyl halides is 3. The fraction of sp³-hybridized carbons (Fsp3) is 0.500. The zero-order valence-electron chi connectivity index (χ0n) is 5.35. The first-order chi connectivity index (χ1) is 4.93. The lowest BCUT2D eigenvalue weighted by Gasteiger charge is -2.04. The van der Waals surface area contributed by atoms with Gasteiger partial charge < -0.3 is 0 Å². The van der Waals surface area contributed by atoms with Crippen LogP contribution in [-0.4, -0.2) is 15.0 Å². The van der Waals surface area contributed by atoms with Crippen molar-refractivity contribution in [2.75, 3.05) is 0 Å². The first-order valence-corrected chi connectivity index (χ1v) is 3.63. The summed E-state index contributed by atoms with van der Waals surface area (Å²) in [6, 6.07) is 0. The van der Waals surface area contributed by atoms with Crippen LogP contribution in [0.15, 0.2) is 0 Å². The van der Waals surface area contributed by atoms with Gasteiger partial charge in [0.1, 0.15) is 0 Å². The molecular formula is C4H3F3IN3. The Labute approximate surface area is 73.7 Å². The zero-order chi connectivity index (χ0) is 8.65. The van der Waals surface area contributed by atoms with Gasteiger partial charge in [0.25, 0.3) is 0 Å². The Morgan fingerprint density at radius 2 is 2.00 bits per heavy atom. The van der Waals surface area contributed by atoms with E-state index in [2.05, 4.69) is 10.3 Å². The third kappa shape index (κ3) is 1.63. The second-order valence-electron chi connectivity index (χ2n) is 1.85. The zero-order valence-corrected chi connectivity index (χ0v) is 7.51. The largest absolute Gasteiger partial charge is 0.435 e. The molecule has 0 radical (unpaired) electrons. The van der Waals surface area contributed by atoms with E-state index in [1.54, 1.807) is 0 Å². The molecule has 0 saturated carbocycles. The molecule has 11 heavy (non-hydrogen) atoms. The van der Waals surface area contributed by atoms with Crippen molar-refractivity contribution in [3.8, 4) is 0 Å². The van der Waals surface area contributed by atoms with Crippen LogP contribution in [0, 0.1) is 3.70 Å². The van der Waals surface area contributed by atoms with Gasteiger partial charge >= 0.3 is 6.18 Å². The SMILES string of the molecule is Cn1nnc(I)c1C(F)(F)F. The average molecular weight is 277 g/mol. The maximum atomic E-state index is 12.0. The molecule has 0 aliphatic heterocycles. The quantitative estimate of drug-likeness (QED) is 0.672. The maximum absolute atomic E-state index is 12.0. The number of hydrogen-bond acceptors (Lipinski definition) is 2. The lowest BCUT2D eigenvalue weighted by molar-refractivity contribution is -0.144. The highest BCUT2D eigenvalue weighted by atomic mass is 127. The van der Waals surface area contributed by atoms with Gasteiger partial charge in [-0.15, -0.1) is 5.10 Å². The van der Waals surface area contributed by atoms with Crippen LogP contribution in [0.2, 0.25) is 0 Å². The summed E-state index contributed by atoms with van der Waals surface area (Å²) in [6.45, 7) is 0. The van der Waals surface area contributed by atoms with Gasteiger partial charge in [0.05, 0.1) is 0 Å². The lowest BCUT2D eigenvalue weighted by Crippen LogP contribution is -2.13. The van der Waals surface area contributed by atoms with Crippen molar-refractivity contribution < 1.29 is 13.2 Å². The predicted octanol–water partition coefficient (Wildman–Crippen LogP) is 1.44. The Morgan fingerprint density at radius 3 is 2.18 bits per heavy atom. The molecule has 0 bridgehead atoms. The minimum atomic E-state index is -4.37. The standard InChI is InChI=1S/C4H3F3IN3/c1-11-2(4(5,6)7)3(8)9-10-11/h1H3. The first-order valence-electron chi connectivity index (χ1n) is 2.55. The third-order valence-corrected chi connectivity index (χ3v) is 1.78. The summed E-state index contributed by atoms with van der Waals surface area (Å²) in [4.78, 5) is 0. The highest BCUT2D eigenvalue weighted by Gasteiger charge is 2.37. The number of aryl methyl sites for hydroxylation is 1. The molecule has 1 aromatic rings.